The minimum Gasteiger partial charge on any atom is -0.388 e. The van der Waals surface area contributed by atoms with Crippen molar-refractivity contribution in [2.75, 3.05) is 35.2 Å². The quantitative estimate of drug-likeness (QED) is 0.686. The number of nitrogens with zero attached hydrogens (tertiary/aromatic N) is 5. The van der Waals surface area contributed by atoms with Gasteiger partial charge >= 0.3 is 0 Å². The van der Waals surface area contributed by atoms with Crippen LogP contribution in [0.3, 0.4) is 0 Å². The zero-order chi connectivity index (χ0) is 24.5. The lowest BCUT2D eigenvalue weighted by Gasteiger charge is -2.31. The number of sulfone groups is 1. The van der Waals surface area contributed by atoms with Crippen LogP contribution in [-0.4, -0.2) is 58.9 Å². The molecular formula is C24H30N6O3S. The van der Waals surface area contributed by atoms with Gasteiger partial charge in [0.15, 0.2) is 15.5 Å². The van der Waals surface area contributed by atoms with E-state index >= 15 is 0 Å². The molecule has 4 heterocycles. The van der Waals surface area contributed by atoms with E-state index in [2.05, 4.69) is 35.7 Å². The van der Waals surface area contributed by atoms with E-state index in [0.717, 1.165) is 11.1 Å². The van der Waals surface area contributed by atoms with Gasteiger partial charge in [-0.1, -0.05) is 44.7 Å². The highest BCUT2D eigenvalue weighted by atomic mass is 32.2. The summed E-state index contributed by atoms with van der Waals surface area (Å²) in [7, 11) is -3.08. The second-order valence-corrected chi connectivity index (χ2v) is 10.9. The number of aliphatic imine (C=N–C) groups is 1. The molecule has 0 spiro atoms. The van der Waals surface area contributed by atoms with Crippen LogP contribution in [0.25, 0.3) is 11.2 Å². The first-order chi connectivity index (χ1) is 16.2. The zero-order valence-electron chi connectivity index (χ0n) is 19.4. The number of nitrogens with two attached hydrogens (primary N) is 1. The lowest BCUT2D eigenvalue weighted by atomic mass is 10.0. The molecule has 1 fully saturated rings. The van der Waals surface area contributed by atoms with Crippen molar-refractivity contribution in [3.8, 4) is 0 Å². The van der Waals surface area contributed by atoms with E-state index in [4.69, 9.17) is 10.7 Å². The van der Waals surface area contributed by atoms with E-state index in [9.17, 15) is 13.5 Å². The van der Waals surface area contributed by atoms with Crippen molar-refractivity contribution < 1.29 is 13.5 Å². The Morgan fingerprint density at radius 3 is 2.74 bits per heavy atom. The minimum atomic E-state index is -3.08. The Morgan fingerprint density at radius 2 is 2.03 bits per heavy atom. The van der Waals surface area contributed by atoms with Crippen LogP contribution in [0.4, 0.5) is 11.6 Å². The predicted octanol–water partition coefficient (Wildman–Crippen LogP) is 2.72. The Bertz CT molecular complexity index is 1320. The first-order valence-electron chi connectivity index (χ1n) is 11.3. The van der Waals surface area contributed by atoms with Crippen LogP contribution in [0.1, 0.15) is 37.5 Å². The maximum atomic E-state index is 12.0. The third-order valence-electron chi connectivity index (χ3n) is 6.00. The van der Waals surface area contributed by atoms with Gasteiger partial charge in [0.1, 0.15) is 11.6 Å². The number of hydrogen-bond donors (Lipinski definition) is 2. The molecule has 2 atom stereocenters. The molecular weight excluding hydrogens is 452 g/mol. The van der Waals surface area contributed by atoms with Crippen LogP contribution in [0.15, 0.2) is 53.8 Å². The highest BCUT2D eigenvalue weighted by Gasteiger charge is 2.29. The fourth-order valence-corrected chi connectivity index (χ4v) is 5.25. The van der Waals surface area contributed by atoms with Crippen LogP contribution in [0.2, 0.25) is 0 Å². The number of aliphatic hydroxyl groups excluding tert-OH is 1. The maximum Gasteiger partial charge on any atom is 0.167 e. The fourth-order valence-electron chi connectivity index (χ4n) is 4.05. The van der Waals surface area contributed by atoms with Crippen LogP contribution in [-0.2, 0) is 9.84 Å². The molecule has 2 aromatic rings. The van der Waals surface area contributed by atoms with E-state index in [1.54, 1.807) is 12.4 Å². The number of hydrogen-bond acceptors (Lipinski definition) is 8. The second kappa shape index (κ2) is 9.55. The molecule has 2 aliphatic rings. The Morgan fingerprint density at radius 1 is 1.29 bits per heavy atom. The molecule has 0 aromatic carbocycles. The zero-order valence-corrected chi connectivity index (χ0v) is 20.2. The van der Waals surface area contributed by atoms with Crippen molar-refractivity contribution >= 4 is 38.9 Å². The number of allylic oxidation sites excluding steroid dienone is 6. The smallest absolute Gasteiger partial charge is 0.167 e. The lowest BCUT2D eigenvalue weighted by Crippen LogP contribution is -2.41. The van der Waals surface area contributed by atoms with E-state index in [0.29, 0.717) is 29.1 Å². The molecule has 3 N–H and O–H groups in total. The van der Waals surface area contributed by atoms with E-state index < -0.39 is 15.9 Å². The summed E-state index contributed by atoms with van der Waals surface area (Å²) in [6.45, 7) is 8.44. The van der Waals surface area contributed by atoms with Crippen LogP contribution in [0, 0.1) is 5.92 Å². The SMILES string of the molecule is C=C1/C=C\C=C/C(C)/C=C(/c2cnn3c(N)c(C(O)CC)c(N4CCS(=O)(=O)CC4)nc23)C=N1. The van der Waals surface area contributed by atoms with Crippen molar-refractivity contribution in [2.24, 2.45) is 10.9 Å². The molecule has 0 aliphatic carbocycles. The number of aliphatic hydroxyl groups is 1. The average molecular weight is 483 g/mol. The normalized spacial score (nSPS) is 25.0. The van der Waals surface area contributed by atoms with Crippen LogP contribution < -0.4 is 10.6 Å². The maximum absolute atomic E-state index is 12.0. The molecule has 0 radical (unpaired) electrons. The van der Waals surface area contributed by atoms with E-state index in [1.807, 2.05) is 30.1 Å². The molecule has 2 aliphatic heterocycles. The van der Waals surface area contributed by atoms with Gasteiger partial charge in [0.05, 0.1) is 35.1 Å². The van der Waals surface area contributed by atoms with Gasteiger partial charge in [0.25, 0.3) is 0 Å². The average Bonchev–Trinajstić information content (AvgIpc) is 3.23. The Labute approximate surface area is 199 Å². The number of nitrogen functional groups attached to an aromatic ring is 1. The largest absolute Gasteiger partial charge is 0.388 e. The van der Waals surface area contributed by atoms with Crippen LogP contribution >= 0.6 is 0 Å². The van der Waals surface area contributed by atoms with Gasteiger partial charge in [0, 0.05) is 30.4 Å². The molecule has 4 rings (SSSR count). The van der Waals surface area contributed by atoms with Gasteiger partial charge in [-0.2, -0.15) is 9.61 Å². The summed E-state index contributed by atoms with van der Waals surface area (Å²) >= 11 is 0. The van der Waals surface area contributed by atoms with E-state index in [1.165, 1.54) is 4.52 Å². The Kier molecular flexibility index (Phi) is 6.72. The number of anilines is 2. The molecule has 2 unspecified atom stereocenters. The molecule has 34 heavy (non-hydrogen) atoms. The molecule has 0 saturated carbocycles. The standard InChI is InChI=1S/C24H30N6O3S/c1-4-20(31)21-22(25)30-23(28-24(21)29-9-11-34(32,33)12-10-29)19(15-27-30)18-13-16(2)7-5-6-8-17(3)26-14-18/h5-8,13-16,20,31H,3-4,9-12,25H2,1-2H3/b7-5-,8-6-,18-13+,26-14?. The fraction of sp³-hybridized carbons (Fsp3) is 0.375. The van der Waals surface area contributed by atoms with Gasteiger partial charge in [-0.25, -0.2) is 13.4 Å². The molecule has 2 aromatic heterocycles. The van der Waals surface area contributed by atoms with Gasteiger partial charge in [-0.05, 0) is 18.4 Å². The van der Waals surface area contributed by atoms with Crippen molar-refractivity contribution in [2.45, 2.75) is 26.4 Å². The van der Waals surface area contributed by atoms with Crippen LogP contribution in [0.5, 0.6) is 0 Å². The van der Waals surface area contributed by atoms with Gasteiger partial charge in [-0.15, -0.1) is 0 Å². The molecule has 9 nitrogen and oxygen atoms in total. The predicted molar refractivity (Wildman–Crippen MR) is 137 cm³/mol. The summed E-state index contributed by atoms with van der Waals surface area (Å²) in [6.07, 6.45) is 12.8. The summed E-state index contributed by atoms with van der Waals surface area (Å²) in [6, 6.07) is 0. The molecule has 10 heteroatoms. The second-order valence-electron chi connectivity index (χ2n) is 8.57. The number of aromatic nitrogens is 3. The highest BCUT2D eigenvalue weighted by molar-refractivity contribution is 7.91. The van der Waals surface area contributed by atoms with Crippen molar-refractivity contribution in [3.05, 3.63) is 60.0 Å². The third-order valence-corrected chi connectivity index (χ3v) is 7.61. The summed E-state index contributed by atoms with van der Waals surface area (Å²) < 4.78 is 25.5. The van der Waals surface area contributed by atoms with Crippen molar-refractivity contribution in [1.29, 1.82) is 0 Å². The Balaban J connectivity index is 1.89. The minimum absolute atomic E-state index is 0.0326. The Hall–Kier alpha value is -3.24. The van der Waals surface area contributed by atoms with Gasteiger partial charge < -0.3 is 15.7 Å². The first-order valence-corrected chi connectivity index (χ1v) is 13.1. The first kappa shape index (κ1) is 23.9. The summed E-state index contributed by atoms with van der Waals surface area (Å²) in [5.41, 5.74) is 9.65. The van der Waals surface area contributed by atoms with Crippen molar-refractivity contribution in [1.82, 2.24) is 14.6 Å². The van der Waals surface area contributed by atoms with Crippen molar-refractivity contribution in [3.63, 3.8) is 0 Å². The monoisotopic (exact) mass is 482 g/mol. The highest BCUT2D eigenvalue weighted by Crippen LogP contribution is 2.35. The number of rotatable bonds is 4. The van der Waals surface area contributed by atoms with Gasteiger partial charge in [-0.3, -0.25) is 4.99 Å². The molecule has 1 saturated heterocycles. The molecule has 0 bridgehead atoms. The van der Waals surface area contributed by atoms with E-state index in [-0.39, 0.29) is 36.3 Å². The molecule has 0 amide bonds. The number of fused-ring (bicyclic) bond motifs is 1. The van der Waals surface area contributed by atoms with Gasteiger partial charge in [0.2, 0.25) is 0 Å². The topological polar surface area (TPSA) is 126 Å². The molecule has 180 valence electrons. The summed E-state index contributed by atoms with van der Waals surface area (Å²) in [4.78, 5) is 11.2. The lowest BCUT2D eigenvalue weighted by molar-refractivity contribution is 0.174. The third kappa shape index (κ3) is 4.83. The summed E-state index contributed by atoms with van der Waals surface area (Å²) in [5.74, 6) is 0.966. The summed E-state index contributed by atoms with van der Waals surface area (Å²) in [5, 5.41) is 15.2.